The number of sulfonamides is 1. The van der Waals surface area contributed by atoms with Gasteiger partial charge in [-0.05, 0) is 25.7 Å². The molecule has 0 amide bonds. The fourth-order valence-corrected chi connectivity index (χ4v) is 1.89. The highest BCUT2D eigenvalue weighted by Gasteiger charge is 2.20. The van der Waals surface area contributed by atoms with Gasteiger partial charge in [0.15, 0.2) is 5.96 Å². The summed E-state index contributed by atoms with van der Waals surface area (Å²) >= 11 is 0. The average Bonchev–Trinajstić information content (AvgIpc) is 3.12. The molecule has 0 spiro atoms. The van der Waals surface area contributed by atoms with Gasteiger partial charge in [0.05, 0.1) is 5.75 Å². The molecule has 0 atom stereocenters. The maximum atomic E-state index is 11.2. The van der Waals surface area contributed by atoms with Crippen molar-refractivity contribution >= 4 is 40.0 Å². The molecule has 1 rings (SSSR count). The zero-order chi connectivity index (χ0) is 12.7. The van der Waals surface area contributed by atoms with Gasteiger partial charge in [0.25, 0.3) is 0 Å². The first-order valence-electron chi connectivity index (χ1n) is 5.99. The minimum atomic E-state index is -3.09. The molecule has 0 unspecified atom stereocenters. The topological polar surface area (TPSA) is 82.6 Å². The van der Waals surface area contributed by atoms with Crippen LogP contribution in [0.3, 0.4) is 0 Å². The lowest BCUT2D eigenvalue weighted by atomic mass is 10.4. The van der Waals surface area contributed by atoms with Gasteiger partial charge in [0.2, 0.25) is 10.0 Å². The average molecular weight is 390 g/mol. The van der Waals surface area contributed by atoms with Crippen molar-refractivity contribution in [3.8, 4) is 0 Å². The summed E-state index contributed by atoms with van der Waals surface area (Å²) < 4.78 is 24.8. The van der Waals surface area contributed by atoms with Crippen LogP contribution in [0.2, 0.25) is 0 Å². The van der Waals surface area contributed by atoms with Crippen LogP contribution in [-0.4, -0.2) is 46.8 Å². The number of hydrogen-bond donors (Lipinski definition) is 3. The van der Waals surface area contributed by atoms with Crippen LogP contribution in [0, 0.1) is 5.92 Å². The Morgan fingerprint density at radius 3 is 2.44 bits per heavy atom. The van der Waals surface area contributed by atoms with E-state index in [9.17, 15) is 8.42 Å². The van der Waals surface area contributed by atoms with Crippen LogP contribution >= 0.6 is 24.0 Å². The highest BCUT2D eigenvalue weighted by Crippen LogP contribution is 2.27. The second-order valence-electron chi connectivity index (χ2n) is 4.12. The van der Waals surface area contributed by atoms with E-state index in [1.54, 1.807) is 14.0 Å². The van der Waals surface area contributed by atoms with Crippen LogP contribution < -0.4 is 15.4 Å². The predicted octanol–water partition coefficient (Wildman–Crippen LogP) is 0.119. The van der Waals surface area contributed by atoms with Crippen molar-refractivity contribution in [2.24, 2.45) is 10.9 Å². The van der Waals surface area contributed by atoms with Crippen molar-refractivity contribution < 1.29 is 8.42 Å². The molecule has 0 bridgehead atoms. The summed E-state index contributed by atoms with van der Waals surface area (Å²) in [7, 11) is -1.38. The van der Waals surface area contributed by atoms with E-state index in [4.69, 9.17) is 0 Å². The van der Waals surface area contributed by atoms with Crippen molar-refractivity contribution in [1.82, 2.24) is 15.4 Å². The second kappa shape index (κ2) is 8.92. The Balaban J connectivity index is 0.00000289. The van der Waals surface area contributed by atoms with Crippen LogP contribution in [0.4, 0.5) is 0 Å². The van der Waals surface area contributed by atoms with Gasteiger partial charge in [0, 0.05) is 26.7 Å². The lowest BCUT2D eigenvalue weighted by Crippen LogP contribution is -2.42. The molecule has 1 aliphatic rings. The Morgan fingerprint density at radius 1 is 1.28 bits per heavy atom. The summed E-state index contributed by atoms with van der Waals surface area (Å²) in [5, 5.41) is 6.27. The summed E-state index contributed by atoms with van der Waals surface area (Å²) in [6.07, 6.45) is 2.58. The van der Waals surface area contributed by atoms with Gasteiger partial charge in [-0.15, -0.1) is 24.0 Å². The number of halogens is 1. The third-order valence-electron chi connectivity index (χ3n) is 2.60. The van der Waals surface area contributed by atoms with E-state index < -0.39 is 10.0 Å². The minimum absolute atomic E-state index is 0. The lowest BCUT2D eigenvalue weighted by Gasteiger charge is -2.11. The Bertz CT molecular complexity index is 355. The van der Waals surface area contributed by atoms with Crippen LogP contribution in [0.1, 0.15) is 19.8 Å². The predicted molar refractivity (Wildman–Crippen MR) is 85.0 cm³/mol. The van der Waals surface area contributed by atoms with E-state index in [1.165, 1.54) is 12.8 Å². The first-order valence-corrected chi connectivity index (χ1v) is 7.64. The van der Waals surface area contributed by atoms with Crippen molar-refractivity contribution in [3.63, 3.8) is 0 Å². The van der Waals surface area contributed by atoms with E-state index in [2.05, 4.69) is 20.3 Å². The van der Waals surface area contributed by atoms with E-state index in [0.717, 1.165) is 18.4 Å². The van der Waals surface area contributed by atoms with Gasteiger partial charge < -0.3 is 10.6 Å². The van der Waals surface area contributed by atoms with Gasteiger partial charge in [0.1, 0.15) is 0 Å². The van der Waals surface area contributed by atoms with Gasteiger partial charge in [-0.25, -0.2) is 13.1 Å². The molecule has 3 N–H and O–H groups in total. The monoisotopic (exact) mass is 390 g/mol. The smallest absolute Gasteiger partial charge is 0.211 e. The Kier molecular flexibility index (Phi) is 8.87. The van der Waals surface area contributed by atoms with E-state index in [1.807, 2.05) is 0 Å². The molecule has 0 radical (unpaired) electrons. The molecule has 0 saturated heterocycles. The molecule has 1 saturated carbocycles. The summed E-state index contributed by atoms with van der Waals surface area (Å²) in [4.78, 5) is 4.06. The molecular formula is C10H23IN4O2S. The summed E-state index contributed by atoms with van der Waals surface area (Å²) in [6.45, 7) is 3.47. The Labute approximate surface area is 126 Å². The van der Waals surface area contributed by atoms with Crippen molar-refractivity contribution in [1.29, 1.82) is 0 Å². The van der Waals surface area contributed by atoms with Gasteiger partial charge >= 0.3 is 0 Å². The standard InChI is InChI=1S/C10H22N4O2S.HI/c1-3-17(15,16)14-7-6-12-10(11-2)13-8-9-4-5-9;/h9,14H,3-8H2,1-2H3,(H2,11,12,13);1H. The largest absolute Gasteiger partial charge is 0.356 e. The maximum absolute atomic E-state index is 11.2. The molecule has 1 fully saturated rings. The molecule has 0 heterocycles. The van der Waals surface area contributed by atoms with Gasteiger partial charge in [-0.2, -0.15) is 0 Å². The van der Waals surface area contributed by atoms with Crippen molar-refractivity contribution in [3.05, 3.63) is 0 Å². The van der Waals surface area contributed by atoms with E-state index in [-0.39, 0.29) is 29.7 Å². The zero-order valence-corrected chi connectivity index (χ0v) is 14.0. The molecule has 6 nitrogen and oxygen atoms in total. The molecule has 8 heteroatoms. The van der Waals surface area contributed by atoms with Crippen LogP contribution in [0.25, 0.3) is 0 Å². The SMILES string of the molecule is CCS(=O)(=O)NCCNC(=NC)NCC1CC1.I. The molecule has 108 valence electrons. The molecule has 18 heavy (non-hydrogen) atoms. The maximum Gasteiger partial charge on any atom is 0.211 e. The highest BCUT2D eigenvalue weighted by molar-refractivity contribution is 14.0. The number of nitrogens with one attached hydrogen (secondary N) is 3. The summed E-state index contributed by atoms with van der Waals surface area (Å²) in [6, 6.07) is 0. The molecule has 0 aromatic heterocycles. The molecule has 0 aromatic carbocycles. The number of nitrogens with zero attached hydrogens (tertiary/aromatic N) is 1. The van der Waals surface area contributed by atoms with Gasteiger partial charge in [-0.1, -0.05) is 0 Å². The summed E-state index contributed by atoms with van der Waals surface area (Å²) in [5.41, 5.74) is 0. The van der Waals surface area contributed by atoms with E-state index >= 15 is 0 Å². The lowest BCUT2D eigenvalue weighted by molar-refractivity contribution is 0.581. The normalized spacial score (nSPS) is 16.0. The number of hydrogen-bond acceptors (Lipinski definition) is 3. The Morgan fingerprint density at radius 2 is 1.94 bits per heavy atom. The summed E-state index contributed by atoms with van der Waals surface area (Å²) in [5.74, 6) is 1.63. The highest BCUT2D eigenvalue weighted by atomic mass is 127. The first kappa shape index (κ1) is 17.9. The van der Waals surface area contributed by atoms with Crippen LogP contribution in [-0.2, 0) is 10.0 Å². The van der Waals surface area contributed by atoms with Crippen LogP contribution in [0.15, 0.2) is 4.99 Å². The third kappa shape index (κ3) is 8.09. The number of rotatable bonds is 7. The second-order valence-corrected chi connectivity index (χ2v) is 6.22. The van der Waals surface area contributed by atoms with Crippen LogP contribution in [0.5, 0.6) is 0 Å². The third-order valence-corrected chi connectivity index (χ3v) is 4.00. The van der Waals surface area contributed by atoms with Crippen molar-refractivity contribution in [2.45, 2.75) is 19.8 Å². The fourth-order valence-electron chi connectivity index (χ4n) is 1.27. The van der Waals surface area contributed by atoms with Gasteiger partial charge in [-0.3, -0.25) is 4.99 Å². The quantitative estimate of drug-likeness (QED) is 0.250. The minimum Gasteiger partial charge on any atom is -0.356 e. The van der Waals surface area contributed by atoms with E-state index in [0.29, 0.717) is 13.1 Å². The molecule has 0 aromatic rings. The molecule has 1 aliphatic carbocycles. The Hall–Kier alpha value is -0.0900. The first-order chi connectivity index (χ1) is 8.07. The molecular weight excluding hydrogens is 367 g/mol. The molecule has 0 aliphatic heterocycles. The van der Waals surface area contributed by atoms with Crippen molar-refractivity contribution in [2.75, 3.05) is 32.4 Å². The fraction of sp³-hybridized carbons (Fsp3) is 0.900. The zero-order valence-electron chi connectivity index (χ0n) is 10.9. The number of aliphatic imine (C=N–C) groups is 1. The number of guanidine groups is 1.